The molecule has 1 fully saturated rings. The molecule has 0 saturated heterocycles. The summed E-state index contributed by atoms with van der Waals surface area (Å²) in [5, 5.41) is 19.4. The smallest absolute Gasteiger partial charge is 0.0618 e. The average molecular weight is 201 g/mol. The lowest BCUT2D eigenvalue weighted by Gasteiger charge is -2.40. The summed E-state index contributed by atoms with van der Waals surface area (Å²) >= 11 is 0. The van der Waals surface area contributed by atoms with Crippen LogP contribution in [0, 0.1) is 5.41 Å². The maximum Gasteiger partial charge on any atom is 0.0618 e. The van der Waals surface area contributed by atoms with Crippen LogP contribution >= 0.6 is 0 Å². The molecule has 1 aliphatic rings. The highest BCUT2D eigenvalue weighted by molar-refractivity contribution is 4.89. The first-order valence-corrected chi connectivity index (χ1v) is 5.54. The monoisotopic (exact) mass is 201 g/mol. The highest BCUT2D eigenvalue weighted by Crippen LogP contribution is 2.39. The molecule has 0 aromatic rings. The lowest BCUT2D eigenvalue weighted by atomic mass is 9.70. The Morgan fingerprint density at radius 2 is 2.07 bits per heavy atom. The van der Waals surface area contributed by atoms with Crippen molar-refractivity contribution in [1.29, 1.82) is 0 Å². The highest BCUT2D eigenvalue weighted by Gasteiger charge is 2.38. The molecule has 2 atom stereocenters. The van der Waals surface area contributed by atoms with Crippen LogP contribution in [0.15, 0.2) is 0 Å². The highest BCUT2D eigenvalue weighted by atomic mass is 16.3. The predicted molar refractivity (Wildman–Crippen MR) is 57.2 cm³/mol. The molecule has 0 spiro atoms. The van der Waals surface area contributed by atoms with Gasteiger partial charge >= 0.3 is 0 Å². The molecule has 0 aromatic carbocycles. The fraction of sp³-hybridized carbons (Fsp3) is 1.00. The minimum atomic E-state index is -0.304. The molecule has 1 aliphatic carbocycles. The largest absolute Gasteiger partial charge is 0.396 e. The van der Waals surface area contributed by atoms with E-state index in [2.05, 4.69) is 4.90 Å². The van der Waals surface area contributed by atoms with Gasteiger partial charge in [0.1, 0.15) is 0 Å². The van der Waals surface area contributed by atoms with Crippen LogP contribution in [-0.4, -0.2) is 48.5 Å². The van der Waals surface area contributed by atoms with Crippen molar-refractivity contribution in [3.05, 3.63) is 0 Å². The Kier molecular flexibility index (Phi) is 4.35. The molecule has 0 aliphatic heterocycles. The zero-order valence-electron chi connectivity index (χ0n) is 9.37. The summed E-state index contributed by atoms with van der Waals surface area (Å²) in [7, 11) is 4.06. The van der Waals surface area contributed by atoms with Crippen LogP contribution in [0.2, 0.25) is 0 Å². The Bertz CT molecular complexity index is 173. The van der Waals surface area contributed by atoms with Crippen LogP contribution in [-0.2, 0) is 0 Å². The third-order valence-corrected chi connectivity index (χ3v) is 3.48. The fourth-order valence-corrected chi connectivity index (χ4v) is 2.29. The van der Waals surface area contributed by atoms with Crippen molar-refractivity contribution in [2.24, 2.45) is 5.41 Å². The van der Waals surface area contributed by atoms with Crippen molar-refractivity contribution in [2.75, 3.05) is 27.2 Å². The second-order valence-electron chi connectivity index (χ2n) is 4.84. The number of aliphatic hydroxyl groups is 2. The van der Waals surface area contributed by atoms with E-state index in [4.69, 9.17) is 0 Å². The summed E-state index contributed by atoms with van der Waals surface area (Å²) in [5.74, 6) is 0. The molecule has 2 unspecified atom stereocenters. The molecule has 2 N–H and O–H groups in total. The zero-order chi connectivity index (χ0) is 10.6. The number of hydrogen-bond acceptors (Lipinski definition) is 3. The second kappa shape index (κ2) is 5.10. The van der Waals surface area contributed by atoms with E-state index in [9.17, 15) is 10.2 Å². The summed E-state index contributed by atoms with van der Waals surface area (Å²) in [6.07, 6.45) is 4.67. The van der Waals surface area contributed by atoms with E-state index >= 15 is 0 Å². The van der Waals surface area contributed by atoms with Crippen molar-refractivity contribution in [3.63, 3.8) is 0 Å². The van der Waals surface area contributed by atoms with Crippen LogP contribution in [0.1, 0.15) is 32.1 Å². The van der Waals surface area contributed by atoms with Crippen LogP contribution in [0.5, 0.6) is 0 Å². The number of rotatable bonds is 4. The first-order chi connectivity index (χ1) is 6.60. The number of nitrogens with zero attached hydrogens (tertiary/aromatic N) is 1. The fourth-order valence-electron chi connectivity index (χ4n) is 2.29. The van der Waals surface area contributed by atoms with Gasteiger partial charge in [0.2, 0.25) is 0 Å². The molecule has 0 aromatic heterocycles. The first kappa shape index (κ1) is 12.0. The Morgan fingerprint density at radius 1 is 1.36 bits per heavy atom. The first-order valence-electron chi connectivity index (χ1n) is 5.54. The summed E-state index contributed by atoms with van der Waals surface area (Å²) < 4.78 is 0. The van der Waals surface area contributed by atoms with Gasteiger partial charge in [-0.2, -0.15) is 0 Å². The van der Waals surface area contributed by atoms with Crippen molar-refractivity contribution >= 4 is 0 Å². The lowest BCUT2D eigenvalue weighted by molar-refractivity contribution is -0.0555. The molecular formula is C11H23NO2. The Balaban J connectivity index is 2.54. The van der Waals surface area contributed by atoms with Gasteiger partial charge in [-0.05, 0) is 39.9 Å². The quantitative estimate of drug-likeness (QED) is 0.709. The predicted octanol–water partition coefficient (Wildman–Crippen LogP) is 0.852. The Hall–Kier alpha value is -0.120. The molecule has 14 heavy (non-hydrogen) atoms. The van der Waals surface area contributed by atoms with E-state index in [-0.39, 0.29) is 18.1 Å². The molecule has 1 saturated carbocycles. The van der Waals surface area contributed by atoms with Crippen LogP contribution in [0.25, 0.3) is 0 Å². The lowest BCUT2D eigenvalue weighted by Crippen LogP contribution is -2.43. The van der Waals surface area contributed by atoms with Gasteiger partial charge in [0, 0.05) is 5.41 Å². The van der Waals surface area contributed by atoms with E-state index in [0.717, 1.165) is 38.6 Å². The third-order valence-electron chi connectivity index (χ3n) is 3.48. The van der Waals surface area contributed by atoms with Gasteiger partial charge in [0.15, 0.2) is 0 Å². The van der Waals surface area contributed by atoms with Crippen LogP contribution in [0.4, 0.5) is 0 Å². The van der Waals surface area contributed by atoms with Crippen molar-refractivity contribution < 1.29 is 10.2 Å². The van der Waals surface area contributed by atoms with Gasteiger partial charge < -0.3 is 15.1 Å². The molecule has 0 amide bonds. The maximum absolute atomic E-state index is 9.95. The molecule has 1 rings (SSSR count). The van der Waals surface area contributed by atoms with Gasteiger partial charge in [-0.3, -0.25) is 0 Å². The van der Waals surface area contributed by atoms with E-state index in [0.29, 0.717) is 0 Å². The third kappa shape index (κ3) is 2.69. The van der Waals surface area contributed by atoms with E-state index in [1.165, 1.54) is 0 Å². The molecule has 0 radical (unpaired) electrons. The molecular weight excluding hydrogens is 178 g/mol. The SMILES string of the molecule is CN(C)CCC1(CO)CCCCC1O. The minimum Gasteiger partial charge on any atom is -0.396 e. The Labute approximate surface area is 86.7 Å². The van der Waals surface area contributed by atoms with Crippen molar-refractivity contribution in [2.45, 2.75) is 38.2 Å². The minimum absolute atomic E-state index is 0.127. The molecule has 3 nitrogen and oxygen atoms in total. The average Bonchev–Trinajstić information content (AvgIpc) is 2.17. The van der Waals surface area contributed by atoms with E-state index in [1.54, 1.807) is 0 Å². The topological polar surface area (TPSA) is 43.7 Å². The van der Waals surface area contributed by atoms with Crippen LogP contribution in [0.3, 0.4) is 0 Å². The maximum atomic E-state index is 9.95. The summed E-state index contributed by atoms with van der Waals surface area (Å²) in [4.78, 5) is 2.11. The van der Waals surface area contributed by atoms with E-state index in [1.807, 2.05) is 14.1 Å². The van der Waals surface area contributed by atoms with Gasteiger partial charge in [-0.15, -0.1) is 0 Å². The van der Waals surface area contributed by atoms with Crippen LogP contribution < -0.4 is 0 Å². The second-order valence-corrected chi connectivity index (χ2v) is 4.84. The van der Waals surface area contributed by atoms with E-state index < -0.39 is 0 Å². The zero-order valence-corrected chi connectivity index (χ0v) is 9.37. The summed E-state index contributed by atoms with van der Waals surface area (Å²) in [6, 6.07) is 0. The molecule has 3 heteroatoms. The normalized spacial score (nSPS) is 33.6. The Morgan fingerprint density at radius 3 is 2.57 bits per heavy atom. The van der Waals surface area contributed by atoms with Gasteiger partial charge in [-0.25, -0.2) is 0 Å². The molecule has 84 valence electrons. The van der Waals surface area contributed by atoms with Gasteiger partial charge in [0.05, 0.1) is 12.7 Å². The standard InChI is InChI=1S/C11H23NO2/c1-12(2)8-7-11(9-13)6-4-3-5-10(11)14/h10,13-14H,3-9H2,1-2H3. The van der Waals surface area contributed by atoms with Crippen molar-refractivity contribution in [3.8, 4) is 0 Å². The van der Waals surface area contributed by atoms with Gasteiger partial charge in [0.25, 0.3) is 0 Å². The number of hydrogen-bond donors (Lipinski definition) is 2. The van der Waals surface area contributed by atoms with Gasteiger partial charge in [-0.1, -0.05) is 12.8 Å². The number of aliphatic hydroxyl groups excluding tert-OH is 2. The molecule has 0 bridgehead atoms. The summed E-state index contributed by atoms with van der Waals surface area (Å²) in [5.41, 5.74) is -0.220. The molecule has 0 heterocycles. The summed E-state index contributed by atoms with van der Waals surface area (Å²) in [6.45, 7) is 1.07. The van der Waals surface area contributed by atoms with Crippen molar-refractivity contribution in [1.82, 2.24) is 4.90 Å².